The quantitative estimate of drug-likeness (QED) is 0.431. The van der Waals surface area contributed by atoms with Crippen LogP contribution in [0.3, 0.4) is 0 Å². The fourth-order valence-electron chi connectivity index (χ4n) is 3.13. The molecule has 0 aliphatic heterocycles. The highest BCUT2D eigenvalue weighted by molar-refractivity contribution is 5.13. The SMILES string of the molecule is C=CC[C@@H](C)[C@H](O)[C@@H](C)[C@H](OCOC)[C@H](C)COCc1ccccc1. The Bertz CT molecular complexity index is 462. The van der Waals surface area contributed by atoms with E-state index in [1.54, 1.807) is 7.11 Å². The second-order valence-electron chi connectivity index (χ2n) is 6.87. The Kier molecular flexibility index (Phi) is 10.7. The monoisotopic (exact) mass is 350 g/mol. The molecule has 0 aliphatic rings. The molecule has 0 aliphatic carbocycles. The van der Waals surface area contributed by atoms with Crippen molar-refractivity contribution in [3.63, 3.8) is 0 Å². The molecule has 0 fully saturated rings. The molecule has 0 heterocycles. The van der Waals surface area contributed by atoms with Crippen molar-refractivity contribution in [1.82, 2.24) is 0 Å². The topological polar surface area (TPSA) is 47.9 Å². The van der Waals surface area contributed by atoms with Gasteiger partial charge in [-0.3, -0.25) is 0 Å². The number of methoxy groups -OCH3 is 1. The Morgan fingerprint density at radius 3 is 2.40 bits per heavy atom. The minimum absolute atomic E-state index is 0.0274. The van der Waals surface area contributed by atoms with Crippen molar-refractivity contribution in [3.05, 3.63) is 48.6 Å². The molecule has 1 aromatic rings. The van der Waals surface area contributed by atoms with Crippen LogP contribution in [0.5, 0.6) is 0 Å². The molecule has 142 valence electrons. The molecule has 0 bridgehead atoms. The average molecular weight is 350 g/mol. The first kappa shape index (κ1) is 21.8. The number of aliphatic hydroxyl groups excluding tert-OH is 1. The summed E-state index contributed by atoms with van der Waals surface area (Å²) in [5, 5.41) is 10.6. The molecule has 0 radical (unpaired) electrons. The third kappa shape index (κ3) is 7.70. The molecule has 4 heteroatoms. The first-order chi connectivity index (χ1) is 12.0. The van der Waals surface area contributed by atoms with E-state index < -0.39 is 6.10 Å². The van der Waals surface area contributed by atoms with Gasteiger partial charge in [0.2, 0.25) is 0 Å². The van der Waals surface area contributed by atoms with E-state index in [-0.39, 0.29) is 30.7 Å². The standard InChI is InChI=1S/C21H34O4/c1-6-10-16(2)20(22)18(4)21(25-15-23-5)17(3)13-24-14-19-11-8-7-9-12-19/h6-9,11-12,16-18,20-22H,1,10,13-15H2,2-5H3/t16-,17-,18-,20+,21-/m1/s1. The third-order valence-electron chi connectivity index (χ3n) is 4.61. The van der Waals surface area contributed by atoms with E-state index in [2.05, 4.69) is 13.5 Å². The Hall–Kier alpha value is -1.20. The minimum atomic E-state index is -0.462. The van der Waals surface area contributed by atoms with Crippen LogP contribution in [0, 0.1) is 17.8 Å². The largest absolute Gasteiger partial charge is 0.392 e. The molecule has 1 aromatic carbocycles. The van der Waals surface area contributed by atoms with Gasteiger partial charge in [-0.2, -0.15) is 0 Å². The van der Waals surface area contributed by atoms with E-state index in [1.807, 2.05) is 50.3 Å². The van der Waals surface area contributed by atoms with Crippen LogP contribution in [0.1, 0.15) is 32.8 Å². The summed E-state index contributed by atoms with van der Waals surface area (Å²) < 4.78 is 16.8. The van der Waals surface area contributed by atoms with Gasteiger partial charge in [0.05, 0.1) is 25.4 Å². The molecule has 0 amide bonds. The molecular weight excluding hydrogens is 316 g/mol. The summed E-state index contributed by atoms with van der Waals surface area (Å²) in [5.74, 6) is 0.249. The summed E-state index contributed by atoms with van der Waals surface area (Å²) in [4.78, 5) is 0. The highest BCUT2D eigenvalue weighted by atomic mass is 16.7. The van der Waals surface area contributed by atoms with E-state index in [1.165, 1.54) is 0 Å². The van der Waals surface area contributed by atoms with Crippen LogP contribution in [0.4, 0.5) is 0 Å². The van der Waals surface area contributed by atoms with Gasteiger partial charge in [0.25, 0.3) is 0 Å². The molecule has 0 saturated heterocycles. The molecule has 0 saturated carbocycles. The summed E-state index contributed by atoms with van der Waals surface area (Å²) in [5.41, 5.74) is 1.15. The summed E-state index contributed by atoms with van der Waals surface area (Å²) in [6, 6.07) is 10.1. The van der Waals surface area contributed by atoms with Crippen LogP contribution in [0.2, 0.25) is 0 Å². The minimum Gasteiger partial charge on any atom is -0.392 e. The lowest BCUT2D eigenvalue weighted by Gasteiger charge is -2.34. The number of rotatable bonds is 13. The summed E-state index contributed by atoms with van der Waals surface area (Å²) in [6.07, 6.45) is 2.02. The molecule has 0 unspecified atom stereocenters. The van der Waals surface area contributed by atoms with Gasteiger partial charge in [0, 0.05) is 18.9 Å². The molecule has 1 rings (SSSR count). The zero-order valence-electron chi connectivity index (χ0n) is 16.1. The molecular formula is C21H34O4. The zero-order valence-corrected chi connectivity index (χ0v) is 16.1. The van der Waals surface area contributed by atoms with Gasteiger partial charge < -0.3 is 19.3 Å². The second-order valence-corrected chi connectivity index (χ2v) is 6.87. The van der Waals surface area contributed by atoms with Crippen LogP contribution in [0.25, 0.3) is 0 Å². The van der Waals surface area contributed by atoms with Crippen molar-refractivity contribution >= 4 is 0 Å². The van der Waals surface area contributed by atoms with Crippen LogP contribution >= 0.6 is 0 Å². The predicted octanol–water partition coefficient (Wildman–Crippen LogP) is 4.04. The second kappa shape index (κ2) is 12.2. The first-order valence-electron chi connectivity index (χ1n) is 9.02. The third-order valence-corrected chi connectivity index (χ3v) is 4.61. The van der Waals surface area contributed by atoms with E-state index in [9.17, 15) is 5.11 Å². The van der Waals surface area contributed by atoms with Gasteiger partial charge in [-0.25, -0.2) is 0 Å². The smallest absolute Gasteiger partial charge is 0.146 e. The van der Waals surface area contributed by atoms with Gasteiger partial charge in [-0.1, -0.05) is 57.2 Å². The van der Waals surface area contributed by atoms with Gasteiger partial charge in [-0.05, 0) is 17.9 Å². The summed E-state index contributed by atoms with van der Waals surface area (Å²) >= 11 is 0. The maximum atomic E-state index is 10.6. The van der Waals surface area contributed by atoms with Crippen molar-refractivity contribution in [3.8, 4) is 0 Å². The molecule has 25 heavy (non-hydrogen) atoms. The first-order valence-corrected chi connectivity index (χ1v) is 9.02. The highest BCUT2D eigenvalue weighted by Crippen LogP contribution is 2.26. The lowest BCUT2D eigenvalue weighted by Crippen LogP contribution is -2.41. The molecule has 0 aromatic heterocycles. The predicted molar refractivity (Wildman–Crippen MR) is 101 cm³/mol. The van der Waals surface area contributed by atoms with E-state index in [0.717, 1.165) is 12.0 Å². The maximum Gasteiger partial charge on any atom is 0.146 e. The van der Waals surface area contributed by atoms with Crippen molar-refractivity contribution < 1.29 is 19.3 Å². The normalized spacial score (nSPS) is 17.5. The highest BCUT2D eigenvalue weighted by Gasteiger charge is 2.32. The molecule has 0 spiro atoms. The van der Waals surface area contributed by atoms with Crippen LogP contribution in [0.15, 0.2) is 43.0 Å². The summed E-state index contributed by atoms with van der Waals surface area (Å²) in [6.45, 7) is 11.3. The molecule has 4 nitrogen and oxygen atoms in total. The van der Waals surface area contributed by atoms with Gasteiger partial charge >= 0.3 is 0 Å². The van der Waals surface area contributed by atoms with E-state index >= 15 is 0 Å². The lowest BCUT2D eigenvalue weighted by atomic mass is 9.83. The maximum absolute atomic E-state index is 10.6. The van der Waals surface area contributed by atoms with Crippen molar-refractivity contribution in [1.29, 1.82) is 0 Å². The number of ether oxygens (including phenoxy) is 3. The number of hydrogen-bond donors (Lipinski definition) is 1. The fourth-order valence-corrected chi connectivity index (χ4v) is 3.13. The van der Waals surface area contributed by atoms with Crippen LogP contribution < -0.4 is 0 Å². The van der Waals surface area contributed by atoms with Crippen LogP contribution in [-0.4, -0.2) is 37.8 Å². The Morgan fingerprint density at radius 1 is 1.12 bits per heavy atom. The molecule has 5 atom stereocenters. The number of aliphatic hydroxyl groups is 1. The Morgan fingerprint density at radius 2 is 1.80 bits per heavy atom. The van der Waals surface area contributed by atoms with Crippen molar-refractivity contribution in [2.45, 2.75) is 46.0 Å². The van der Waals surface area contributed by atoms with E-state index in [4.69, 9.17) is 14.2 Å². The van der Waals surface area contributed by atoms with Crippen LogP contribution in [-0.2, 0) is 20.8 Å². The van der Waals surface area contributed by atoms with E-state index in [0.29, 0.717) is 13.2 Å². The fraction of sp³-hybridized carbons (Fsp3) is 0.619. The molecule has 1 N–H and O–H groups in total. The van der Waals surface area contributed by atoms with Gasteiger partial charge in [0.1, 0.15) is 6.79 Å². The number of hydrogen-bond acceptors (Lipinski definition) is 4. The average Bonchev–Trinajstić information content (AvgIpc) is 2.62. The number of benzene rings is 1. The Labute approximate surface area is 152 Å². The number of allylic oxidation sites excluding steroid dienone is 1. The lowest BCUT2D eigenvalue weighted by molar-refractivity contribution is -0.139. The van der Waals surface area contributed by atoms with Crippen molar-refractivity contribution in [2.24, 2.45) is 17.8 Å². The zero-order chi connectivity index (χ0) is 18.7. The summed E-state index contributed by atoms with van der Waals surface area (Å²) in [7, 11) is 1.61. The van der Waals surface area contributed by atoms with Gasteiger partial charge in [-0.15, -0.1) is 6.58 Å². The Balaban J connectivity index is 2.60. The van der Waals surface area contributed by atoms with Crippen molar-refractivity contribution in [2.75, 3.05) is 20.5 Å². The van der Waals surface area contributed by atoms with Gasteiger partial charge in [0.15, 0.2) is 0 Å².